The molecule has 2 aromatic heterocycles. The summed E-state index contributed by atoms with van der Waals surface area (Å²) in [6.07, 6.45) is 0.472. The van der Waals surface area contributed by atoms with Gasteiger partial charge in [0.25, 0.3) is 0 Å². The number of hydrogen-bond acceptors (Lipinski definition) is 5. The predicted octanol–water partition coefficient (Wildman–Crippen LogP) is 6.09. The van der Waals surface area contributed by atoms with Crippen molar-refractivity contribution in [3.05, 3.63) is 77.9 Å². The van der Waals surface area contributed by atoms with Gasteiger partial charge in [-0.1, -0.05) is 13.0 Å². The quantitative estimate of drug-likeness (QED) is 0.363. The third-order valence-corrected chi connectivity index (χ3v) is 6.12. The number of nitrogens with one attached hydrogen (secondary N) is 1. The summed E-state index contributed by atoms with van der Waals surface area (Å²) >= 11 is 0. The average molecular weight is 496 g/mol. The third-order valence-electron chi connectivity index (χ3n) is 6.12. The van der Waals surface area contributed by atoms with Crippen LogP contribution in [0.2, 0.25) is 0 Å². The van der Waals surface area contributed by atoms with Crippen molar-refractivity contribution in [2.24, 2.45) is 0 Å². The van der Waals surface area contributed by atoms with Crippen LogP contribution >= 0.6 is 0 Å². The lowest BCUT2D eigenvalue weighted by molar-refractivity contribution is -0.137. The van der Waals surface area contributed by atoms with Gasteiger partial charge in [0.2, 0.25) is 5.88 Å². The van der Waals surface area contributed by atoms with E-state index in [4.69, 9.17) is 4.74 Å². The minimum absolute atomic E-state index is 0.0580. The van der Waals surface area contributed by atoms with Crippen LogP contribution in [0, 0.1) is 0 Å². The lowest BCUT2D eigenvalue weighted by atomic mass is 10.1. The molecule has 1 aliphatic rings. The molecule has 0 bridgehead atoms. The first-order valence-electron chi connectivity index (χ1n) is 11.6. The SMILES string of the molecule is CCCN1CCc2c(ncnc2Oc2ccc3c(ccn3C(=O)Nc3cccc(C(F)(F)F)c3)c2)C1. The molecular formula is C26H24F3N5O2. The van der Waals surface area contributed by atoms with Gasteiger partial charge in [-0.25, -0.2) is 14.8 Å². The van der Waals surface area contributed by atoms with Gasteiger partial charge in [-0.3, -0.25) is 9.47 Å². The van der Waals surface area contributed by atoms with Crippen molar-refractivity contribution in [1.82, 2.24) is 19.4 Å². The average Bonchev–Trinajstić information content (AvgIpc) is 3.27. The summed E-state index contributed by atoms with van der Waals surface area (Å²) in [7, 11) is 0. The molecule has 0 fully saturated rings. The molecular weight excluding hydrogens is 471 g/mol. The molecule has 0 aliphatic carbocycles. The second-order valence-corrected chi connectivity index (χ2v) is 8.65. The van der Waals surface area contributed by atoms with Crippen LogP contribution in [0.1, 0.15) is 30.2 Å². The van der Waals surface area contributed by atoms with E-state index < -0.39 is 17.8 Å². The van der Waals surface area contributed by atoms with E-state index in [1.54, 1.807) is 30.5 Å². The Bertz CT molecular complexity index is 1420. The maximum Gasteiger partial charge on any atom is 0.416 e. The number of hydrogen-bond donors (Lipinski definition) is 1. The standard InChI is InChI=1S/C26H24F3N5O2/c1-2-10-33-11-9-21-22(15-33)30-16-31-24(21)36-20-6-7-23-17(13-20)8-12-34(23)25(35)32-19-5-3-4-18(14-19)26(27,28)29/h3-8,12-14,16H,2,9-11,15H2,1H3,(H,32,35). The largest absolute Gasteiger partial charge is 0.439 e. The first-order valence-corrected chi connectivity index (χ1v) is 11.6. The van der Waals surface area contributed by atoms with E-state index in [0.717, 1.165) is 61.3 Å². The Morgan fingerprint density at radius 3 is 2.81 bits per heavy atom. The number of nitrogens with zero attached hydrogens (tertiary/aromatic N) is 4. The van der Waals surface area contributed by atoms with Crippen molar-refractivity contribution >= 4 is 22.6 Å². The number of fused-ring (bicyclic) bond motifs is 2. The Morgan fingerprint density at radius 2 is 2.00 bits per heavy atom. The summed E-state index contributed by atoms with van der Waals surface area (Å²) in [6.45, 7) is 4.87. The zero-order valence-electron chi connectivity index (χ0n) is 19.5. The molecule has 1 aliphatic heterocycles. The van der Waals surface area contributed by atoms with Crippen molar-refractivity contribution in [3.63, 3.8) is 0 Å². The highest BCUT2D eigenvalue weighted by atomic mass is 19.4. The Hall–Kier alpha value is -3.92. The predicted molar refractivity (Wildman–Crippen MR) is 129 cm³/mol. The molecule has 0 saturated heterocycles. The maximum atomic E-state index is 13.0. The third kappa shape index (κ3) is 4.90. The van der Waals surface area contributed by atoms with E-state index in [1.807, 2.05) is 0 Å². The van der Waals surface area contributed by atoms with E-state index in [9.17, 15) is 18.0 Å². The van der Waals surface area contributed by atoms with Crippen molar-refractivity contribution in [3.8, 4) is 11.6 Å². The number of ether oxygens (including phenoxy) is 1. The lowest BCUT2D eigenvalue weighted by Crippen LogP contribution is -2.32. The number of carbonyl (C=O) groups is 1. The number of rotatable bonds is 5. The number of aromatic nitrogens is 3. The molecule has 0 saturated carbocycles. The fourth-order valence-corrected chi connectivity index (χ4v) is 4.40. The van der Waals surface area contributed by atoms with Gasteiger partial charge in [-0.2, -0.15) is 13.2 Å². The van der Waals surface area contributed by atoms with Crippen LogP contribution in [0.5, 0.6) is 11.6 Å². The van der Waals surface area contributed by atoms with Gasteiger partial charge < -0.3 is 10.1 Å². The number of halogens is 3. The van der Waals surface area contributed by atoms with Crippen LogP contribution in [-0.4, -0.2) is 38.6 Å². The summed E-state index contributed by atoms with van der Waals surface area (Å²) in [5.41, 5.74) is 1.79. The van der Waals surface area contributed by atoms with E-state index in [-0.39, 0.29) is 5.69 Å². The smallest absolute Gasteiger partial charge is 0.416 e. The minimum Gasteiger partial charge on any atom is -0.439 e. The molecule has 4 aromatic rings. The summed E-state index contributed by atoms with van der Waals surface area (Å²) < 4.78 is 46.4. The van der Waals surface area contributed by atoms with Gasteiger partial charge in [0.1, 0.15) is 12.1 Å². The molecule has 36 heavy (non-hydrogen) atoms. The normalized spacial score (nSPS) is 14.0. The molecule has 2 aromatic carbocycles. The van der Waals surface area contributed by atoms with Crippen LogP contribution < -0.4 is 10.1 Å². The molecule has 10 heteroatoms. The number of amides is 1. The van der Waals surface area contributed by atoms with E-state index in [0.29, 0.717) is 17.1 Å². The molecule has 186 valence electrons. The molecule has 7 nitrogen and oxygen atoms in total. The van der Waals surface area contributed by atoms with Gasteiger partial charge in [-0.05, 0) is 61.9 Å². The summed E-state index contributed by atoms with van der Waals surface area (Å²) in [5, 5.41) is 3.26. The van der Waals surface area contributed by atoms with Gasteiger partial charge in [0.15, 0.2) is 0 Å². The molecule has 0 unspecified atom stereocenters. The molecule has 1 amide bonds. The Morgan fingerprint density at radius 1 is 1.14 bits per heavy atom. The first kappa shape index (κ1) is 23.8. The zero-order chi connectivity index (χ0) is 25.3. The van der Waals surface area contributed by atoms with Crippen molar-refractivity contribution in [1.29, 1.82) is 0 Å². The number of anilines is 1. The van der Waals surface area contributed by atoms with Crippen molar-refractivity contribution in [2.75, 3.05) is 18.4 Å². The van der Waals surface area contributed by atoms with Crippen molar-refractivity contribution in [2.45, 2.75) is 32.5 Å². The van der Waals surface area contributed by atoms with Gasteiger partial charge >= 0.3 is 12.2 Å². The first-order chi connectivity index (χ1) is 17.3. The monoisotopic (exact) mass is 495 g/mol. The summed E-state index contributed by atoms with van der Waals surface area (Å²) in [5.74, 6) is 1.09. The molecule has 5 rings (SSSR count). The Labute approximate surface area is 205 Å². The number of carbonyl (C=O) groups excluding carboxylic acids is 1. The Kier molecular flexibility index (Phi) is 6.36. The highest BCUT2D eigenvalue weighted by molar-refractivity contribution is 5.98. The highest BCUT2D eigenvalue weighted by Gasteiger charge is 2.30. The van der Waals surface area contributed by atoms with Crippen LogP contribution in [0.3, 0.4) is 0 Å². The molecule has 0 radical (unpaired) electrons. The van der Waals surface area contributed by atoms with Crippen LogP contribution in [0.15, 0.2) is 61.1 Å². The van der Waals surface area contributed by atoms with Gasteiger partial charge in [0.05, 0.1) is 16.8 Å². The van der Waals surface area contributed by atoms with Crippen LogP contribution in [-0.2, 0) is 19.1 Å². The second-order valence-electron chi connectivity index (χ2n) is 8.65. The fourth-order valence-electron chi connectivity index (χ4n) is 4.40. The topological polar surface area (TPSA) is 72.3 Å². The zero-order valence-corrected chi connectivity index (χ0v) is 19.5. The summed E-state index contributed by atoms with van der Waals surface area (Å²) in [6, 6.07) is 11.0. The number of alkyl halides is 3. The summed E-state index contributed by atoms with van der Waals surface area (Å²) in [4.78, 5) is 23.9. The Balaban J connectivity index is 1.34. The number of benzene rings is 2. The van der Waals surface area contributed by atoms with Gasteiger partial charge in [-0.15, -0.1) is 0 Å². The molecule has 1 N–H and O–H groups in total. The van der Waals surface area contributed by atoms with E-state index >= 15 is 0 Å². The van der Waals surface area contributed by atoms with Crippen LogP contribution in [0.25, 0.3) is 10.9 Å². The lowest BCUT2D eigenvalue weighted by Gasteiger charge is -2.28. The van der Waals surface area contributed by atoms with Gasteiger partial charge in [0, 0.05) is 35.9 Å². The van der Waals surface area contributed by atoms with Crippen LogP contribution in [0.4, 0.5) is 23.7 Å². The minimum atomic E-state index is -4.49. The second kappa shape index (κ2) is 9.62. The van der Waals surface area contributed by atoms with E-state index in [1.165, 1.54) is 23.0 Å². The maximum absolute atomic E-state index is 13.0. The van der Waals surface area contributed by atoms with E-state index in [2.05, 4.69) is 27.1 Å². The molecule has 0 spiro atoms. The molecule has 0 atom stereocenters. The highest BCUT2D eigenvalue weighted by Crippen LogP contribution is 2.32. The fraction of sp³-hybridized carbons (Fsp3) is 0.269. The van der Waals surface area contributed by atoms with Crippen molar-refractivity contribution < 1.29 is 22.7 Å². The molecule has 3 heterocycles.